The monoisotopic (exact) mass is 197 g/mol. The first-order valence-electron chi connectivity index (χ1n) is 6.17. The van der Waals surface area contributed by atoms with E-state index in [4.69, 9.17) is 4.74 Å². The van der Waals surface area contributed by atoms with Gasteiger partial charge in [-0.2, -0.15) is 0 Å². The third kappa shape index (κ3) is 2.29. The first-order valence-corrected chi connectivity index (χ1v) is 6.17. The summed E-state index contributed by atoms with van der Waals surface area (Å²) in [5, 5.41) is 3.30. The minimum Gasteiger partial charge on any atom is -0.370 e. The highest BCUT2D eigenvalue weighted by Gasteiger charge is 2.36. The van der Waals surface area contributed by atoms with Crippen LogP contribution in [0.1, 0.15) is 51.4 Å². The van der Waals surface area contributed by atoms with E-state index >= 15 is 0 Å². The molecule has 0 aromatic heterocycles. The molecule has 0 aliphatic heterocycles. The van der Waals surface area contributed by atoms with Gasteiger partial charge in [-0.3, -0.25) is 0 Å². The van der Waals surface area contributed by atoms with Crippen LogP contribution in [-0.2, 0) is 4.74 Å². The van der Waals surface area contributed by atoms with E-state index in [-0.39, 0.29) is 5.60 Å². The van der Waals surface area contributed by atoms with Gasteiger partial charge in [-0.15, -0.1) is 0 Å². The first kappa shape index (κ1) is 10.4. The third-order valence-corrected chi connectivity index (χ3v) is 3.73. The molecule has 2 nitrogen and oxygen atoms in total. The fourth-order valence-electron chi connectivity index (χ4n) is 3.04. The van der Waals surface area contributed by atoms with E-state index in [0.29, 0.717) is 6.10 Å². The van der Waals surface area contributed by atoms with E-state index in [1.165, 1.54) is 51.4 Å². The zero-order chi connectivity index (χ0) is 9.86. The van der Waals surface area contributed by atoms with Crippen molar-refractivity contribution in [3.8, 4) is 0 Å². The van der Waals surface area contributed by atoms with Crippen molar-refractivity contribution in [2.24, 2.45) is 0 Å². The highest BCUT2D eigenvalue weighted by atomic mass is 16.5. The molecule has 2 heteroatoms. The summed E-state index contributed by atoms with van der Waals surface area (Å²) in [7, 11) is 2.04. The number of hydrogen-bond donors (Lipinski definition) is 1. The lowest BCUT2D eigenvalue weighted by molar-refractivity contribution is -0.0846. The predicted molar refractivity (Wildman–Crippen MR) is 58.5 cm³/mol. The van der Waals surface area contributed by atoms with E-state index in [1.807, 2.05) is 7.05 Å². The maximum absolute atomic E-state index is 6.34. The SMILES string of the molecule is CNCC1(OC2CCCC2)CCCC1. The van der Waals surface area contributed by atoms with Crippen molar-refractivity contribution in [2.45, 2.75) is 63.1 Å². The molecule has 0 heterocycles. The molecule has 0 spiro atoms. The Morgan fingerprint density at radius 1 is 1.14 bits per heavy atom. The standard InChI is InChI=1S/C12H23NO/c1-13-10-12(8-4-5-9-12)14-11-6-2-3-7-11/h11,13H,2-10H2,1H3. The molecule has 0 unspecified atom stereocenters. The molecule has 2 fully saturated rings. The molecule has 14 heavy (non-hydrogen) atoms. The number of rotatable bonds is 4. The smallest absolute Gasteiger partial charge is 0.0809 e. The molecule has 1 N–H and O–H groups in total. The molecular weight excluding hydrogens is 174 g/mol. The lowest BCUT2D eigenvalue weighted by Gasteiger charge is -2.32. The summed E-state index contributed by atoms with van der Waals surface area (Å²) in [5.41, 5.74) is 0.198. The van der Waals surface area contributed by atoms with Gasteiger partial charge in [0.2, 0.25) is 0 Å². The van der Waals surface area contributed by atoms with Gasteiger partial charge in [-0.05, 0) is 32.7 Å². The topological polar surface area (TPSA) is 21.3 Å². The van der Waals surface area contributed by atoms with Gasteiger partial charge in [0.25, 0.3) is 0 Å². The molecule has 2 aliphatic rings. The lowest BCUT2D eigenvalue weighted by Crippen LogP contribution is -2.41. The Labute approximate surface area is 87.4 Å². The predicted octanol–water partition coefficient (Wildman–Crippen LogP) is 2.48. The molecule has 0 saturated heterocycles. The Morgan fingerprint density at radius 2 is 1.79 bits per heavy atom. The van der Waals surface area contributed by atoms with Gasteiger partial charge in [0.05, 0.1) is 11.7 Å². The summed E-state index contributed by atoms with van der Waals surface area (Å²) in [5.74, 6) is 0. The van der Waals surface area contributed by atoms with Gasteiger partial charge in [-0.25, -0.2) is 0 Å². The normalized spacial score (nSPS) is 27.2. The molecule has 82 valence electrons. The molecule has 0 bridgehead atoms. The molecule has 0 radical (unpaired) electrons. The minimum absolute atomic E-state index is 0.198. The number of nitrogens with one attached hydrogen (secondary N) is 1. The molecule has 2 rings (SSSR count). The van der Waals surface area contributed by atoms with Crippen LogP contribution in [-0.4, -0.2) is 25.3 Å². The molecule has 0 amide bonds. The van der Waals surface area contributed by atoms with Crippen molar-refractivity contribution in [3.05, 3.63) is 0 Å². The Morgan fingerprint density at radius 3 is 2.36 bits per heavy atom. The maximum Gasteiger partial charge on any atom is 0.0809 e. The molecule has 0 atom stereocenters. The summed E-state index contributed by atoms with van der Waals surface area (Å²) in [4.78, 5) is 0. The Bertz CT molecular complexity index is 169. The van der Waals surface area contributed by atoms with Gasteiger partial charge in [0.1, 0.15) is 0 Å². The first-order chi connectivity index (χ1) is 6.85. The Kier molecular flexibility index (Phi) is 3.45. The second kappa shape index (κ2) is 4.63. The van der Waals surface area contributed by atoms with Crippen LogP contribution in [0.2, 0.25) is 0 Å². The van der Waals surface area contributed by atoms with Crippen LogP contribution in [0.15, 0.2) is 0 Å². The van der Waals surface area contributed by atoms with Crippen LogP contribution in [0.25, 0.3) is 0 Å². The Balaban J connectivity index is 1.89. The van der Waals surface area contributed by atoms with E-state index in [9.17, 15) is 0 Å². The van der Waals surface area contributed by atoms with Crippen molar-refractivity contribution in [1.82, 2.24) is 5.32 Å². The largest absolute Gasteiger partial charge is 0.370 e. The van der Waals surface area contributed by atoms with Crippen LogP contribution in [0.4, 0.5) is 0 Å². The zero-order valence-electron chi connectivity index (χ0n) is 9.35. The summed E-state index contributed by atoms with van der Waals surface area (Å²) in [6.07, 6.45) is 11.2. The molecule has 2 aliphatic carbocycles. The van der Waals surface area contributed by atoms with Gasteiger partial charge in [-0.1, -0.05) is 25.7 Å². The van der Waals surface area contributed by atoms with E-state index < -0.39 is 0 Å². The van der Waals surface area contributed by atoms with Crippen LogP contribution in [0.5, 0.6) is 0 Å². The molecule has 2 saturated carbocycles. The van der Waals surface area contributed by atoms with E-state index in [2.05, 4.69) is 5.32 Å². The summed E-state index contributed by atoms with van der Waals surface area (Å²) in [6.45, 7) is 1.05. The van der Waals surface area contributed by atoms with Crippen LogP contribution in [0.3, 0.4) is 0 Å². The summed E-state index contributed by atoms with van der Waals surface area (Å²) in [6, 6.07) is 0. The average Bonchev–Trinajstić information content (AvgIpc) is 2.78. The van der Waals surface area contributed by atoms with E-state index in [0.717, 1.165) is 6.54 Å². The number of hydrogen-bond acceptors (Lipinski definition) is 2. The average molecular weight is 197 g/mol. The quantitative estimate of drug-likeness (QED) is 0.747. The molecule has 0 aromatic carbocycles. The van der Waals surface area contributed by atoms with Crippen molar-refractivity contribution in [2.75, 3.05) is 13.6 Å². The van der Waals surface area contributed by atoms with Gasteiger partial charge in [0, 0.05) is 6.54 Å². The fourth-order valence-corrected chi connectivity index (χ4v) is 3.04. The minimum atomic E-state index is 0.198. The fraction of sp³-hybridized carbons (Fsp3) is 1.00. The van der Waals surface area contributed by atoms with Crippen LogP contribution >= 0.6 is 0 Å². The molecular formula is C12H23NO. The van der Waals surface area contributed by atoms with Crippen molar-refractivity contribution in [1.29, 1.82) is 0 Å². The van der Waals surface area contributed by atoms with Gasteiger partial charge >= 0.3 is 0 Å². The number of likely N-dealkylation sites (N-methyl/N-ethyl adjacent to an activating group) is 1. The van der Waals surface area contributed by atoms with E-state index in [1.54, 1.807) is 0 Å². The second-order valence-corrected chi connectivity index (χ2v) is 4.94. The Hall–Kier alpha value is -0.0800. The van der Waals surface area contributed by atoms with Crippen molar-refractivity contribution >= 4 is 0 Å². The highest BCUT2D eigenvalue weighted by Crippen LogP contribution is 2.36. The lowest BCUT2D eigenvalue weighted by atomic mass is 10.0. The summed E-state index contributed by atoms with van der Waals surface area (Å²) < 4.78 is 6.34. The molecule has 0 aromatic rings. The third-order valence-electron chi connectivity index (χ3n) is 3.73. The van der Waals surface area contributed by atoms with Crippen molar-refractivity contribution in [3.63, 3.8) is 0 Å². The number of ether oxygens (including phenoxy) is 1. The van der Waals surface area contributed by atoms with Crippen LogP contribution < -0.4 is 5.32 Å². The highest BCUT2D eigenvalue weighted by molar-refractivity contribution is 4.90. The second-order valence-electron chi connectivity index (χ2n) is 4.94. The maximum atomic E-state index is 6.34. The van der Waals surface area contributed by atoms with Gasteiger partial charge < -0.3 is 10.1 Å². The summed E-state index contributed by atoms with van der Waals surface area (Å²) >= 11 is 0. The van der Waals surface area contributed by atoms with Crippen LogP contribution in [0, 0.1) is 0 Å². The zero-order valence-corrected chi connectivity index (χ0v) is 9.35. The van der Waals surface area contributed by atoms with Gasteiger partial charge in [0.15, 0.2) is 0 Å². The van der Waals surface area contributed by atoms with Crippen molar-refractivity contribution < 1.29 is 4.74 Å².